The molecule has 2 unspecified atom stereocenters. The quantitative estimate of drug-likeness (QED) is 0.150. The van der Waals surface area contributed by atoms with E-state index in [0.29, 0.717) is 0 Å². The molecular weight excluding hydrogens is 779 g/mol. The minimum atomic E-state index is -5.03. The molecule has 0 bridgehead atoms. The van der Waals surface area contributed by atoms with Gasteiger partial charge >= 0.3 is 331 Å². The van der Waals surface area contributed by atoms with E-state index in [9.17, 15) is 0 Å². The maximum absolute atomic E-state index is 8.84. The van der Waals surface area contributed by atoms with Crippen molar-refractivity contribution in [3.05, 3.63) is 159 Å². The van der Waals surface area contributed by atoms with Crippen molar-refractivity contribution in [3.63, 3.8) is 0 Å². The van der Waals surface area contributed by atoms with E-state index in [2.05, 4.69) is 191 Å². The van der Waals surface area contributed by atoms with Gasteiger partial charge in [-0.15, -0.1) is 0 Å². The number of fused-ring (bicyclic) bond motifs is 2. The van der Waals surface area contributed by atoms with E-state index in [1.165, 1.54) is 83.5 Å². The van der Waals surface area contributed by atoms with Crippen LogP contribution in [0.25, 0.3) is 40.0 Å². The Morgan fingerprint density at radius 3 is 1.64 bits per heavy atom. The van der Waals surface area contributed by atoms with Crippen LogP contribution in [-0.2, 0) is 26.4 Å². The monoisotopic (exact) mass is 831 g/mol. The van der Waals surface area contributed by atoms with Crippen LogP contribution in [0.2, 0.25) is 13.1 Å². The van der Waals surface area contributed by atoms with Gasteiger partial charge in [-0.1, -0.05) is 0 Å². The molecular formula is C49H55Cl2SiZr. The van der Waals surface area contributed by atoms with Crippen molar-refractivity contribution in [2.45, 2.75) is 93.5 Å². The fraction of sp³-hybridized carbons (Fsp3) is 0.306. The summed E-state index contributed by atoms with van der Waals surface area (Å²) >= 11 is -5.03. The summed E-state index contributed by atoms with van der Waals surface area (Å²) in [6.07, 6.45) is 4.90. The van der Waals surface area contributed by atoms with Crippen LogP contribution in [0.4, 0.5) is 0 Å². The SMILES string of the molecule is CC1=Cc2c(-c3ccc(C(C)(C)C)cc3)ccc(C)c2[CH]1[Zr]([Cl])([Cl])([CH]1C(c2cccc(C)c2)=Cc2c(-c3ccc(C(C)(C)C)cc3)cccc21)[SiH](C)C. The van der Waals surface area contributed by atoms with Crippen LogP contribution >= 0.6 is 17.0 Å². The van der Waals surface area contributed by atoms with Gasteiger partial charge in [-0.2, -0.15) is 0 Å². The van der Waals surface area contributed by atoms with Crippen LogP contribution in [0, 0.1) is 13.8 Å². The topological polar surface area (TPSA) is 0 Å². The predicted octanol–water partition coefficient (Wildman–Crippen LogP) is 15.0. The molecule has 0 heterocycles. The van der Waals surface area contributed by atoms with Crippen LogP contribution < -0.4 is 0 Å². The van der Waals surface area contributed by atoms with E-state index < -0.39 is 21.5 Å². The summed E-state index contributed by atoms with van der Waals surface area (Å²) in [6, 6.07) is 38.9. The fourth-order valence-corrected chi connectivity index (χ4v) is 40.8. The number of benzene rings is 5. The van der Waals surface area contributed by atoms with Crippen LogP contribution in [0.1, 0.15) is 106 Å². The third kappa shape index (κ3) is 6.48. The van der Waals surface area contributed by atoms with Gasteiger partial charge in [0.25, 0.3) is 0 Å². The van der Waals surface area contributed by atoms with Crippen LogP contribution in [0.5, 0.6) is 0 Å². The molecule has 0 spiro atoms. The van der Waals surface area contributed by atoms with Gasteiger partial charge in [0.05, 0.1) is 0 Å². The third-order valence-corrected chi connectivity index (χ3v) is 64.2. The van der Waals surface area contributed by atoms with Crippen molar-refractivity contribution in [2.24, 2.45) is 0 Å². The summed E-state index contributed by atoms with van der Waals surface area (Å²) in [7, 11) is 17.7. The molecule has 4 heteroatoms. The van der Waals surface area contributed by atoms with Gasteiger partial charge in [0.2, 0.25) is 0 Å². The van der Waals surface area contributed by atoms with Gasteiger partial charge in [0.1, 0.15) is 0 Å². The number of halogens is 2. The number of hydrogen-bond acceptors (Lipinski definition) is 0. The van der Waals surface area contributed by atoms with Crippen molar-refractivity contribution in [1.29, 1.82) is 0 Å². The molecule has 0 saturated heterocycles. The van der Waals surface area contributed by atoms with Gasteiger partial charge in [-0.05, 0) is 0 Å². The van der Waals surface area contributed by atoms with E-state index in [0.717, 1.165) is 0 Å². The van der Waals surface area contributed by atoms with E-state index in [1.807, 2.05) is 0 Å². The molecule has 5 aromatic rings. The van der Waals surface area contributed by atoms with Crippen molar-refractivity contribution in [3.8, 4) is 22.3 Å². The number of allylic oxidation sites excluding steroid dienone is 2. The van der Waals surface area contributed by atoms with Gasteiger partial charge < -0.3 is 0 Å². The van der Waals surface area contributed by atoms with Crippen molar-refractivity contribution >= 4 is 40.7 Å². The molecule has 0 N–H and O–H groups in total. The summed E-state index contributed by atoms with van der Waals surface area (Å²) in [5.41, 5.74) is 19.5. The number of rotatable bonds is 6. The number of hydrogen-bond donors (Lipinski definition) is 0. The second-order valence-electron chi connectivity index (χ2n) is 18.3. The molecule has 2 aliphatic carbocycles. The second-order valence-corrected chi connectivity index (χ2v) is 60.8. The maximum atomic E-state index is 8.84. The van der Waals surface area contributed by atoms with Crippen molar-refractivity contribution < 1.29 is 15.6 Å². The zero-order valence-corrected chi connectivity index (χ0v) is 38.6. The summed E-state index contributed by atoms with van der Waals surface area (Å²) in [5, 5.41) is 0. The summed E-state index contributed by atoms with van der Waals surface area (Å²) in [6.45, 7) is 25.3. The van der Waals surface area contributed by atoms with E-state index in [-0.39, 0.29) is 18.1 Å². The van der Waals surface area contributed by atoms with Gasteiger partial charge in [-0.3, -0.25) is 0 Å². The first-order valence-electron chi connectivity index (χ1n) is 19.3. The summed E-state index contributed by atoms with van der Waals surface area (Å²) < 4.78 is -0.0143. The molecule has 7 rings (SSSR count). The number of aryl methyl sites for hydroxylation is 2. The van der Waals surface area contributed by atoms with E-state index in [1.54, 1.807) is 0 Å². The molecule has 0 fully saturated rings. The second kappa shape index (κ2) is 13.5. The first kappa shape index (κ1) is 38.5. The van der Waals surface area contributed by atoms with Crippen molar-refractivity contribution in [2.75, 3.05) is 0 Å². The molecule has 0 nitrogen and oxygen atoms in total. The van der Waals surface area contributed by atoms with Gasteiger partial charge in [-0.25, -0.2) is 0 Å². The fourth-order valence-electron chi connectivity index (χ4n) is 9.24. The molecule has 0 radical (unpaired) electrons. The molecule has 53 heavy (non-hydrogen) atoms. The molecule has 0 aliphatic heterocycles. The molecule has 273 valence electrons. The Morgan fingerprint density at radius 1 is 0.566 bits per heavy atom. The van der Waals surface area contributed by atoms with Gasteiger partial charge in [0.15, 0.2) is 0 Å². The molecule has 2 aliphatic rings. The molecule has 0 saturated carbocycles. The van der Waals surface area contributed by atoms with Gasteiger partial charge in [0, 0.05) is 0 Å². The average Bonchev–Trinajstić information content (AvgIpc) is 3.68. The van der Waals surface area contributed by atoms with E-state index >= 15 is 0 Å². The van der Waals surface area contributed by atoms with Crippen LogP contribution in [-0.4, -0.2) is 5.92 Å². The first-order chi connectivity index (χ1) is 24.8. The zero-order chi connectivity index (χ0) is 38.3. The molecule has 2 atom stereocenters. The Labute approximate surface area is 328 Å². The molecule has 5 aromatic carbocycles. The Bertz CT molecular complexity index is 2290. The normalized spacial score (nSPS) is 18.0. The third-order valence-electron chi connectivity index (χ3n) is 12.4. The molecule has 0 amide bonds. The Balaban J connectivity index is 1.45. The van der Waals surface area contributed by atoms with Crippen LogP contribution in [0.15, 0.2) is 109 Å². The average molecular weight is 834 g/mol. The predicted molar refractivity (Wildman–Crippen MR) is 235 cm³/mol. The van der Waals surface area contributed by atoms with E-state index in [4.69, 9.17) is 17.0 Å². The summed E-state index contributed by atoms with van der Waals surface area (Å²) in [5.74, 6) is -1.74. The standard InChI is InChI=1S/C26H25.C21H23.C2H7Si.2ClH.Zr/c1-18-7-5-8-20(15-18)22-16-21-9-6-10-24(25(21)17-22)19-11-13-23(14-12-19)26(2,3)4;1-14-12-19-15(2)6-11-18(20(19)13-14)16-7-9-17(10-8-16)21(3,4)5;1-3-2;;;/h5-17H,1-4H3;6-13H,1-5H3;3H,1-2H3;2*1H;/q;;;;;+2/p-2. The Kier molecular flexibility index (Phi) is 9.80. The Morgan fingerprint density at radius 2 is 1.11 bits per heavy atom. The molecule has 0 aromatic heterocycles. The first-order valence-corrected chi connectivity index (χ1v) is 35.6. The van der Waals surface area contributed by atoms with Crippen molar-refractivity contribution in [1.82, 2.24) is 0 Å². The minimum absolute atomic E-state index is 0.0223. The Hall–Kier alpha value is -2.74. The summed E-state index contributed by atoms with van der Waals surface area (Å²) in [4.78, 5) is 0. The van der Waals surface area contributed by atoms with Crippen LogP contribution in [0.3, 0.4) is 0 Å². The zero-order valence-electron chi connectivity index (χ0n) is 33.5.